The van der Waals surface area contributed by atoms with E-state index in [4.69, 9.17) is 10.5 Å². The van der Waals surface area contributed by atoms with Gasteiger partial charge in [-0.3, -0.25) is 4.79 Å². The summed E-state index contributed by atoms with van der Waals surface area (Å²) in [6.07, 6.45) is 1.31. The Morgan fingerprint density at radius 3 is 2.62 bits per heavy atom. The average Bonchev–Trinajstić information content (AvgIpc) is 2.24. The highest BCUT2D eigenvalue weighted by Gasteiger charge is 2.51. The maximum Gasteiger partial charge on any atom is 0.316 e. The van der Waals surface area contributed by atoms with Gasteiger partial charge in [-0.25, -0.2) is 0 Å². The first-order valence-electron chi connectivity index (χ1n) is 5.19. The SMILES string of the molecule is COC(=O)C1(c2ccccc2Br)CC(N)C1. The highest BCUT2D eigenvalue weighted by molar-refractivity contribution is 9.10. The van der Waals surface area contributed by atoms with E-state index in [1.807, 2.05) is 24.3 Å². The number of ether oxygens (including phenoxy) is 1. The van der Waals surface area contributed by atoms with Gasteiger partial charge in [-0.2, -0.15) is 0 Å². The van der Waals surface area contributed by atoms with Gasteiger partial charge in [0.2, 0.25) is 0 Å². The van der Waals surface area contributed by atoms with Crippen LogP contribution in [0.1, 0.15) is 18.4 Å². The number of halogens is 1. The number of carbonyl (C=O) groups excluding carboxylic acids is 1. The summed E-state index contributed by atoms with van der Waals surface area (Å²) >= 11 is 3.48. The number of carbonyl (C=O) groups is 1. The standard InChI is InChI=1S/C12H14BrNO2/c1-16-11(15)12(6-8(14)7-12)9-4-2-3-5-10(9)13/h2-5,8H,6-7,14H2,1H3. The lowest BCUT2D eigenvalue weighted by Gasteiger charge is -2.44. The van der Waals surface area contributed by atoms with Crippen LogP contribution in [-0.4, -0.2) is 19.1 Å². The van der Waals surface area contributed by atoms with Crippen LogP contribution in [0.25, 0.3) is 0 Å². The minimum absolute atomic E-state index is 0.0891. The molecule has 1 aromatic carbocycles. The molecular weight excluding hydrogens is 270 g/mol. The van der Waals surface area contributed by atoms with Gasteiger partial charge in [0.15, 0.2) is 0 Å². The van der Waals surface area contributed by atoms with Crippen molar-refractivity contribution in [2.45, 2.75) is 24.3 Å². The molecule has 2 rings (SSSR count). The molecule has 0 spiro atoms. The number of benzene rings is 1. The summed E-state index contributed by atoms with van der Waals surface area (Å²) in [5, 5.41) is 0. The molecule has 0 radical (unpaired) electrons. The van der Waals surface area contributed by atoms with Crippen molar-refractivity contribution in [3.05, 3.63) is 34.3 Å². The van der Waals surface area contributed by atoms with Gasteiger partial charge >= 0.3 is 5.97 Å². The molecule has 3 nitrogen and oxygen atoms in total. The van der Waals surface area contributed by atoms with E-state index in [-0.39, 0.29) is 12.0 Å². The predicted molar refractivity (Wildman–Crippen MR) is 65.0 cm³/mol. The minimum Gasteiger partial charge on any atom is -0.468 e. The lowest BCUT2D eigenvalue weighted by Crippen LogP contribution is -2.54. The molecule has 2 N–H and O–H groups in total. The first-order chi connectivity index (χ1) is 7.60. The minimum atomic E-state index is -0.547. The number of rotatable bonds is 2. The van der Waals surface area contributed by atoms with Crippen molar-refractivity contribution in [2.24, 2.45) is 5.73 Å². The van der Waals surface area contributed by atoms with E-state index in [1.165, 1.54) is 7.11 Å². The maximum absolute atomic E-state index is 11.9. The molecule has 86 valence electrons. The second-order valence-electron chi connectivity index (χ2n) is 4.22. The zero-order valence-electron chi connectivity index (χ0n) is 9.07. The van der Waals surface area contributed by atoms with Crippen LogP contribution in [0.5, 0.6) is 0 Å². The van der Waals surface area contributed by atoms with Crippen molar-refractivity contribution in [3.8, 4) is 0 Å². The third-order valence-electron chi connectivity index (χ3n) is 3.19. The van der Waals surface area contributed by atoms with E-state index < -0.39 is 5.41 Å². The third-order valence-corrected chi connectivity index (χ3v) is 3.88. The van der Waals surface area contributed by atoms with Gasteiger partial charge in [0.05, 0.1) is 12.5 Å². The summed E-state index contributed by atoms with van der Waals surface area (Å²) in [5.74, 6) is -0.193. The number of esters is 1. The van der Waals surface area contributed by atoms with E-state index in [1.54, 1.807) is 0 Å². The fourth-order valence-electron chi connectivity index (χ4n) is 2.38. The number of methoxy groups -OCH3 is 1. The predicted octanol–water partition coefficient (Wildman–Crippen LogP) is 1.98. The Morgan fingerprint density at radius 1 is 1.50 bits per heavy atom. The van der Waals surface area contributed by atoms with Gasteiger partial charge < -0.3 is 10.5 Å². The van der Waals surface area contributed by atoms with Crippen molar-refractivity contribution >= 4 is 21.9 Å². The third kappa shape index (κ3) is 1.66. The fourth-order valence-corrected chi connectivity index (χ4v) is 3.04. The molecule has 0 unspecified atom stereocenters. The summed E-state index contributed by atoms with van der Waals surface area (Å²) in [4.78, 5) is 11.9. The van der Waals surface area contributed by atoms with E-state index in [9.17, 15) is 4.79 Å². The van der Waals surface area contributed by atoms with E-state index in [2.05, 4.69) is 15.9 Å². The fraction of sp³-hybridized carbons (Fsp3) is 0.417. The Balaban J connectivity index is 2.42. The number of hydrogen-bond donors (Lipinski definition) is 1. The Hall–Kier alpha value is -0.870. The molecule has 1 aliphatic carbocycles. The molecule has 0 saturated heterocycles. The van der Waals surface area contributed by atoms with Crippen LogP contribution < -0.4 is 5.73 Å². The van der Waals surface area contributed by atoms with Gasteiger partial charge in [-0.05, 0) is 24.5 Å². The molecule has 1 aliphatic rings. The van der Waals surface area contributed by atoms with Gasteiger partial charge in [0, 0.05) is 10.5 Å². The second-order valence-corrected chi connectivity index (χ2v) is 5.08. The van der Waals surface area contributed by atoms with Crippen molar-refractivity contribution < 1.29 is 9.53 Å². The van der Waals surface area contributed by atoms with Crippen LogP contribution in [0.3, 0.4) is 0 Å². The van der Waals surface area contributed by atoms with Crippen LogP contribution in [-0.2, 0) is 14.9 Å². The first-order valence-corrected chi connectivity index (χ1v) is 5.98. The molecule has 0 heterocycles. The zero-order valence-corrected chi connectivity index (χ0v) is 10.7. The summed E-state index contributed by atoms with van der Waals surface area (Å²) in [6, 6.07) is 7.83. The highest BCUT2D eigenvalue weighted by atomic mass is 79.9. The normalized spacial score (nSPS) is 28.3. The smallest absolute Gasteiger partial charge is 0.316 e. The van der Waals surface area contributed by atoms with Crippen LogP contribution in [0.15, 0.2) is 28.7 Å². The molecule has 0 bridgehead atoms. The topological polar surface area (TPSA) is 52.3 Å². The van der Waals surface area contributed by atoms with Gasteiger partial charge in [0.1, 0.15) is 0 Å². The summed E-state index contributed by atoms with van der Waals surface area (Å²) in [5.41, 5.74) is 6.24. The maximum atomic E-state index is 11.9. The lowest BCUT2D eigenvalue weighted by molar-refractivity contribution is -0.152. The highest BCUT2D eigenvalue weighted by Crippen LogP contribution is 2.46. The molecule has 0 aliphatic heterocycles. The van der Waals surface area contributed by atoms with Crippen molar-refractivity contribution in [3.63, 3.8) is 0 Å². The van der Waals surface area contributed by atoms with E-state index in [0.717, 1.165) is 10.0 Å². The Bertz CT molecular complexity index is 413. The molecule has 1 aromatic rings. The second kappa shape index (κ2) is 4.18. The largest absolute Gasteiger partial charge is 0.468 e. The summed E-state index contributed by atoms with van der Waals surface area (Å²) < 4.78 is 5.84. The van der Waals surface area contributed by atoms with Crippen molar-refractivity contribution in [1.82, 2.24) is 0 Å². The first kappa shape index (κ1) is 11.6. The van der Waals surface area contributed by atoms with Crippen LogP contribution in [0, 0.1) is 0 Å². The molecule has 1 saturated carbocycles. The summed E-state index contributed by atoms with van der Waals surface area (Å²) in [7, 11) is 1.42. The quantitative estimate of drug-likeness (QED) is 0.845. The molecule has 0 aromatic heterocycles. The molecular formula is C12H14BrNO2. The lowest BCUT2D eigenvalue weighted by atomic mass is 9.62. The molecule has 4 heteroatoms. The Labute approximate surface area is 103 Å². The van der Waals surface area contributed by atoms with Gasteiger partial charge in [-0.15, -0.1) is 0 Å². The Morgan fingerprint density at radius 2 is 2.12 bits per heavy atom. The zero-order chi connectivity index (χ0) is 11.8. The van der Waals surface area contributed by atoms with Crippen LogP contribution in [0.4, 0.5) is 0 Å². The van der Waals surface area contributed by atoms with Crippen molar-refractivity contribution in [2.75, 3.05) is 7.11 Å². The summed E-state index contributed by atoms with van der Waals surface area (Å²) in [6.45, 7) is 0. The van der Waals surface area contributed by atoms with Crippen LogP contribution in [0.2, 0.25) is 0 Å². The molecule has 16 heavy (non-hydrogen) atoms. The monoisotopic (exact) mass is 283 g/mol. The van der Waals surface area contributed by atoms with Crippen LogP contribution >= 0.6 is 15.9 Å². The molecule has 1 fully saturated rings. The number of hydrogen-bond acceptors (Lipinski definition) is 3. The van der Waals surface area contributed by atoms with Gasteiger partial charge in [-0.1, -0.05) is 34.1 Å². The van der Waals surface area contributed by atoms with E-state index >= 15 is 0 Å². The molecule has 0 atom stereocenters. The van der Waals surface area contributed by atoms with E-state index in [0.29, 0.717) is 12.8 Å². The average molecular weight is 284 g/mol. The van der Waals surface area contributed by atoms with Gasteiger partial charge in [0.25, 0.3) is 0 Å². The Kier molecular flexibility index (Phi) is 3.04. The molecule has 0 amide bonds. The number of nitrogens with two attached hydrogens (primary N) is 1. The van der Waals surface area contributed by atoms with Crippen molar-refractivity contribution in [1.29, 1.82) is 0 Å².